The molecule has 0 bridgehead atoms. The van der Waals surface area contributed by atoms with E-state index < -0.39 is 5.91 Å². The van der Waals surface area contributed by atoms with Crippen LogP contribution in [0.5, 0.6) is 0 Å². The van der Waals surface area contributed by atoms with Crippen LogP contribution in [-0.4, -0.2) is 10.9 Å². The standard InChI is InChI=1S/C19H17ClN2O2/c1-10-4-7-16(11(2)8-10)22-19(24)14-9-21-17-12(3)15(20)6-5-13(17)18(14)23/h4-9H,1-3H3,(H,21,23)(H,22,24). The van der Waals surface area contributed by atoms with Crippen LogP contribution in [0.1, 0.15) is 27.0 Å². The van der Waals surface area contributed by atoms with Gasteiger partial charge in [0, 0.05) is 22.3 Å². The highest BCUT2D eigenvalue weighted by Crippen LogP contribution is 2.22. The van der Waals surface area contributed by atoms with Crippen LogP contribution in [0.3, 0.4) is 0 Å². The molecule has 1 aromatic heterocycles. The number of fused-ring (bicyclic) bond motifs is 1. The van der Waals surface area contributed by atoms with Crippen LogP contribution >= 0.6 is 11.6 Å². The molecule has 0 aliphatic carbocycles. The number of amides is 1. The van der Waals surface area contributed by atoms with Crippen LogP contribution in [-0.2, 0) is 0 Å². The number of anilines is 1. The number of hydrogen-bond donors (Lipinski definition) is 2. The van der Waals surface area contributed by atoms with Gasteiger partial charge in [-0.15, -0.1) is 0 Å². The highest BCUT2D eigenvalue weighted by molar-refractivity contribution is 6.32. The summed E-state index contributed by atoms with van der Waals surface area (Å²) in [5.74, 6) is -0.433. The fourth-order valence-electron chi connectivity index (χ4n) is 2.73. The summed E-state index contributed by atoms with van der Waals surface area (Å²) in [5, 5.41) is 3.82. The molecule has 2 aromatic carbocycles. The Hall–Kier alpha value is -2.59. The molecule has 2 N–H and O–H groups in total. The number of carbonyl (C=O) groups excluding carboxylic acids is 1. The van der Waals surface area contributed by atoms with Gasteiger partial charge < -0.3 is 10.3 Å². The molecule has 24 heavy (non-hydrogen) atoms. The van der Waals surface area contributed by atoms with Gasteiger partial charge in [-0.3, -0.25) is 9.59 Å². The van der Waals surface area contributed by atoms with E-state index in [9.17, 15) is 9.59 Å². The van der Waals surface area contributed by atoms with E-state index in [0.717, 1.165) is 16.7 Å². The van der Waals surface area contributed by atoms with E-state index in [4.69, 9.17) is 11.6 Å². The lowest BCUT2D eigenvalue weighted by atomic mass is 10.1. The minimum atomic E-state index is -0.433. The summed E-state index contributed by atoms with van der Waals surface area (Å²) in [7, 11) is 0. The molecular weight excluding hydrogens is 324 g/mol. The summed E-state index contributed by atoms with van der Waals surface area (Å²) in [5.41, 5.74) is 3.94. The zero-order valence-corrected chi connectivity index (χ0v) is 14.4. The number of benzene rings is 2. The van der Waals surface area contributed by atoms with Crippen molar-refractivity contribution >= 4 is 34.1 Å². The second-order valence-corrected chi connectivity index (χ2v) is 6.31. The third-order valence-corrected chi connectivity index (χ3v) is 4.53. The zero-order valence-electron chi connectivity index (χ0n) is 13.7. The van der Waals surface area contributed by atoms with Crippen LogP contribution in [0, 0.1) is 20.8 Å². The van der Waals surface area contributed by atoms with Crippen molar-refractivity contribution in [3.63, 3.8) is 0 Å². The minimum Gasteiger partial charge on any atom is -0.360 e. The van der Waals surface area contributed by atoms with Crippen molar-refractivity contribution in [2.24, 2.45) is 0 Å². The Labute approximate surface area is 144 Å². The number of halogens is 1. The number of nitrogens with one attached hydrogen (secondary N) is 2. The van der Waals surface area contributed by atoms with E-state index in [-0.39, 0.29) is 11.0 Å². The SMILES string of the molecule is Cc1ccc(NC(=O)c2c[nH]c3c(C)c(Cl)ccc3c2=O)c(C)c1. The first-order valence-electron chi connectivity index (χ1n) is 7.57. The quantitative estimate of drug-likeness (QED) is 0.728. The Morgan fingerprint density at radius 3 is 2.58 bits per heavy atom. The average Bonchev–Trinajstić information content (AvgIpc) is 2.54. The van der Waals surface area contributed by atoms with Gasteiger partial charge >= 0.3 is 0 Å². The van der Waals surface area contributed by atoms with Crippen molar-refractivity contribution in [1.82, 2.24) is 4.98 Å². The van der Waals surface area contributed by atoms with Gasteiger partial charge in [0.25, 0.3) is 5.91 Å². The Morgan fingerprint density at radius 2 is 1.88 bits per heavy atom. The molecule has 0 saturated heterocycles. The molecule has 0 unspecified atom stereocenters. The molecule has 0 saturated carbocycles. The molecule has 1 amide bonds. The second-order valence-electron chi connectivity index (χ2n) is 5.90. The Balaban J connectivity index is 2.03. The average molecular weight is 341 g/mol. The highest BCUT2D eigenvalue weighted by Gasteiger charge is 2.15. The number of rotatable bonds is 2. The third kappa shape index (κ3) is 2.81. The van der Waals surface area contributed by atoms with E-state index in [1.54, 1.807) is 12.1 Å². The molecule has 0 spiro atoms. The number of hydrogen-bond acceptors (Lipinski definition) is 2. The van der Waals surface area contributed by atoms with Crippen LogP contribution in [0.2, 0.25) is 5.02 Å². The normalized spacial score (nSPS) is 10.8. The van der Waals surface area contributed by atoms with Gasteiger partial charge in [-0.2, -0.15) is 0 Å². The summed E-state index contributed by atoms with van der Waals surface area (Å²) in [4.78, 5) is 28.2. The first-order chi connectivity index (χ1) is 11.4. The predicted octanol–water partition coefficient (Wildman–Crippen LogP) is 4.36. The van der Waals surface area contributed by atoms with E-state index in [1.807, 2.05) is 39.0 Å². The lowest BCUT2D eigenvalue weighted by Crippen LogP contribution is -2.22. The Bertz CT molecular complexity index is 1020. The first-order valence-corrected chi connectivity index (χ1v) is 7.95. The molecule has 3 aromatic rings. The number of carbonyl (C=O) groups is 1. The predicted molar refractivity (Wildman–Crippen MR) is 98.2 cm³/mol. The molecule has 0 fully saturated rings. The Kier molecular flexibility index (Phi) is 4.16. The molecule has 4 nitrogen and oxygen atoms in total. The zero-order chi connectivity index (χ0) is 17.4. The first kappa shape index (κ1) is 16.3. The molecule has 0 atom stereocenters. The maximum atomic E-state index is 12.6. The number of aromatic nitrogens is 1. The van der Waals surface area contributed by atoms with Crippen LogP contribution in [0.15, 0.2) is 41.3 Å². The van der Waals surface area contributed by atoms with Crippen molar-refractivity contribution in [1.29, 1.82) is 0 Å². The van der Waals surface area contributed by atoms with Crippen LogP contribution in [0.25, 0.3) is 10.9 Å². The minimum absolute atomic E-state index is 0.0733. The number of aromatic amines is 1. The third-order valence-electron chi connectivity index (χ3n) is 4.12. The van der Waals surface area contributed by atoms with Crippen molar-refractivity contribution in [3.8, 4) is 0 Å². The maximum Gasteiger partial charge on any atom is 0.261 e. The van der Waals surface area contributed by atoms with Crippen molar-refractivity contribution < 1.29 is 4.79 Å². The van der Waals surface area contributed by atoms with E-state index in [1.165, 1.54) is 6.20 Å². The van der Waals surface area contributed by atoms with Crippen molar-refractivity contribution in [2.45, 2.75) is 20.8 Å². The van der Waals surface area contributed by atoms with Crippen LogP contribution < -0.4 is 10.7 Å². The van der Waals surface area contributed by atoms with Gasteiger partial charge in [0.15, 0.2) is 0 Å². The molecule has 3 rings (SSSR count). The molecule has 1 heterocycles. The number of pyridine rings is 1. The van der Waals surface area contributed by atoms with E-state index in [0.29, 0.717) is 21.6 Å². The van der Waals surface area contributed by atoms with Crippen molar-refractivity contribution in [3.05, 3.63) is 74.0 Å². The molecule has 0 aliphatic heterocycles. The smallest absolute Gasteiger partial charge is 0.261 e. The number of H-pyrrole nitrogens is 1. The van der Waals surface area contributed by atoms with Gasteiger partial charge in [-0.05, 0) is 50.1 Å². The Morgan fingerprint density at radius 1 is 1.12 bits per heavy atom. The largest absolute Gasteiger partial charge is 0.360 e. The van der Waals surface area contributed by atoms with Crippen LogP contribution in [0.4, 0.5) is 5.69 Å². The van der Waals surface area contributed by atoms with Gasteiger partial charge in [-0.25, -0.2) is 0 Å². The second kappa shape index (κ2) is 6.13. The molecule has 0 aliphatic rings. The van der Waals surface area contributed by atoms with Gasteiger partial charge in [0.2, 0.25) is 5.43 Å². The number of aryl methyl sites for hydroxylation is 3. The summed E-state index contributed by atoms with van der Waals surface area (Å²) >= 11 is 6.08. The molecule has 122 valence electrons. The van der Waals surface area contributed by atoms with Gasteiger partial charge in [-0.1, -0.05) is 29.3 Å². The summed E-state index contributed by atoms with van der Waals surface area (Å²) in [6.45, 7) is 5.73. The summed E-state index contributed by atoms with van der Waals surface area (Å²) in [6.07, 6.45) is 1.44. The monoisotopic (exact) mass is 340 g/mol. The lowest BCUT2D eigenvalue weighted by Gasteiger charge is -2.10. The summed E-state index contributed by atoms with van der Waals surface area (Å²) in [6, 6.07) is 9.03. The fourth-order valence-corrected chi connectivity index (χ4v) is 2.89. The van der Waals surface area contributed by atoms with Crippen molar-refractivity contribution in [2.75, 3.05) is 5.32 Å². The highest BCUT2D eigenvalue weighted by atomic mass is 35.5. The molecule has 5 heteroatoms. The summed E-state index contributed by atoms with van der Waals surface area (Å²) < 4.78 is 0. The fraction of sp³-hybridized carbons (Fsp3) is 0.158. The lowest BCUT2D eigenvalue weighted by molar-refractivity contribution is 0.102. The van der Waals surface area contributed by atoms with Gasteiger partial charge in [0.05, 0.1) is 5.52 Å². The topological polar surface area (TPSA) is 62.0 Å². The maximum absolute atomic E-state index is 12.6. The molecule has 0 radical (unpaired) electrons. The molecular formula is C19H17ClN2O2. The van der Waals surface area contributed by atoms with Gasteiger partial charge in [0.1, 0.15) is 5.56 Å². The van der Waals surface area contributed by atoms with E-state index in [2.05, 4.69) is 10.3 Å². The van der Waals surface area contributed by atoms with E-state index >= 15 is 0 Å².